The number of hydrogen-bond donors (Lipinski definition) is 1. The van der Waals surface area contributed by atoms with E-state index in [-0.39, 0.29) is 11.8 Å². The van der Waals surface area contributed by atoms with E-state index in [9.17, 15) is 4.79 Å². The first-order valence-electron chi connectivity index (χ1n) is 7.23. The van der Waals surface area contributed by atoms with Gasteiger partial charge in [0.1, 0.15) is 0 Å². The van der Waals surface area contributed by atoms with Gasteiger partial charge < -0.3 is 19.2 Å². The van der Waals surface area contributed by atoms with E-state index in [1.165, 1.54) is 14.2 Å². The number of amides is 1. The van der Waals surface area contributed by atoms with Crippen LogP contribution in [0.25, 0.3) is 11.5 Å². The van der Waals surface area contributed by atoms with E-state index in [1.54, 1.807) is 42.5 Å². The van der Waals surface area contributed by atoms with Gasteiger partial charge in [0.15, 0.2) is 11.5 Å². The summed E-state index contributed by atoms with van der Waals surface area (Å²) in [5.41, 5.74) is 1.18. The van der Waals surface area contributed by atoms with Crippen molar-refractivity contribution in [1.82, 2.24) is 10.2 Å². The first-order valence-corrected chi connectivity index (χ1v) is 7.61. The maximum absolute atomic E-state index is 12.3. The van der Waals surface area contributed by atoms with Crippen molar-refractivity contribution in [1.29, 1.82) is 0 Å². The van der Waals surface area contributed by atoms with Crippen LogP contribution in [0.2, 0.25) is 5.02 Å². The molecule has 1 heterocycles. The molecule has 3 rings (SSSR count). The van der Waals surface area contributed by atoms with Crippen LogP contribution in [0, 0.1) is 0 Å². The Morgan fingerprint density at radius 3 is 2.44 bits per heavy atom. The van der Waals surface area contributed by atoms with Crippen LogP contribution < -0.4 is 14.8 Å². The van der Waals surface area contributed by atoms with Crippen molar-refractivity contribution < 1.29 is 18.7 Å². The quantitative estimate of drug-likeness (QED) is 0.748. The highest BCUT2D eigenvalue weighted by Crippen LogP contribution is 2.30. The summed E-state index contributed by atoms with van der Waals surface area (Å²) < 4.78 is 15.8. The Bertz CT molecular complexity index is 893. The number of hydrogen-bond acceptors (Lipinski definition) is 6. The summed E-state index contributed by atoms with van der Waals surface area (Å²) in [7, 11) is 3.05. The Labute approximate surface area is 148 Å². The maximum Gasteiger partial charge on any atom is 0.313 e. The molecule has 0 unspecified atom stereocenters. The number of benzene rings is 2. The molecule has 0 aliphatic carbocycles. The summed E-state index contributed by atoms with van der Waals surface area (Å²) >= 11 is 5.84. The number of anilines is 1. The molecule has 8 heteroatoms. The van der Waals surface area contributed by atoms with Crippen molar-refractivity contribution in [2.45, 2.75) is 0 Å². The minimum Gasteiger partial charge on any atom is -0.493 e. The van der Waals surface area contributed by atoms with Gasteiger partial charge in [-0.05, 0) is 36.4 Å². The normalized spacial score (nSPS) is 10.4. The van der Waals surface area contributed by atoms with E-state index < -0.39 is 5.91 Å². The number of rotatable bonds is 5. The van der Waals surface area contributed by atoms with Crippen molar-refractivity contribution >= 4 is 23.2 Å². The molecule has 0 atom stereocenters. The zero-order valence-corrected chi connectivity index (χ0v) is 14.2. The topological polar surface area (TPSA) is 86.5 Å². The fraction of sp³-hybridized carbons (Fsp3) is 0.118. The monoisotopic (exact) mass is 359 g/mol. The van der Waals surface area contributed by atoms with Crippen LogP contribution in [0.3, 0.4) is 0 Å². The lowest BCUT2D eigenvalue weighted by atomic mass is 10.2. The molecule has 0 fully saturated rings. The Balaban J connectivity index is 1.77. The lowest BCUT2D eigenvalue weighted by Crippen LogP contribution is -2.12. The molecular formula is C17H14ClN3O4. The molecule has 1 N–H and O–H groups in total. The number of carbonyl (C=O) groups is 1. The Morgan fingerprint density at radius 2 is 1.76 bits per heavy atom. The summed E-state index contributed by atoms with van der Waals surface area (Å²) in [6, 6.07) is 11.8. The van der Waals surface area contributed by atoms with Gasteiger partial charge in [-0.2, -0.15) is 0 Å². The largest absolute Gasteiger partial charge is 0.493 e. The second kappa shape index (κ2) is 7.23. The third kappa shape index (κ3) is 3.72. The molecule has 7 nitrogen and oxygen atoms in total. The van der Waals surface area contributed by atoms with Crippen LogP contribution in [0.1, 0.15) is 10.7 Å². The van der Waals surface area contributed by atoms with E-state index >= 15 is 0 Å². The molecule has 0 aliphatic rings. The van der Waals surface area contributed by atoms with Crippen LogP contribution in [-0.2, 0) is 0 Å². The molecule has 0 saturated heterocycles. The van der Waals surface area contributed by atoms with Crippen molar-refractivity contribution in [3.8, 4) is 23.0 Å². The van der Waals surface area contributed by atoms with Gasteiger partial charge in [0.2, 0.25) is 5.89 Å². The first kappa shape index (κ1) is 16.8. The zero-order valence-electron chi connectivity index (χ0n) is 13.4. The van der Waals surface area contributed by atoms with Gasteiger partial charge in [-0.15, -0.1) is 10.2 Å². The molecule has 3 aromatic rings. The van der Waals surface area contributed by atoms with Crippen LogP contribution in [0.4, 0.5) is 5.69 Å². The summed E-state index contributed by atoms with van der Waals surface area (Å²) in [5.74, 6) is 0.602. The third-order valence-electron chi connectivity index (χ3n) is 3.35. The van der Waals surface area contributed by atoms with E-state index in [0.717, 1.165) is 0 Å². The molecule has 25 heavy (non-hydrogen) atoms. The molecule has 0 saturated carbocycles. The average Bonchev–Trinajstić information content (AvgIpc) is 3.12. The van der Waals surface area contributed by atoms with E-state index in [1.807, 2.05) is 0 Å². The van der Waals surface area contributed by atoms with Gasteiger partial charge in [-0.1, -0.05) is 11.6 Å². The highest BCUT2D eigenvalue weighted by Gasteiger charge is 2.17. The number of methoxy groups -OCH3 is 2. The van der Waals surface area contributed by atoms with Gasteiger partial charge in [-0.25, -0.2) is 0 Å². The number of nitrogens with one attached hydrogen (secondary N) is 1. The predicted molar refractivity (Wildman–Crippen MR) is 92.2 cm³/mol. The SMILES string of the molecule is COc1ccc(NC(=O)c2nnc(-c3ccc(Cl)cc3)o2)cc1OC. The third-order valence-corrected chi connectivity index (χ3v) is 3.60. The average molecular weight is 360 g/mol. The molecule has 128 valence electrons. The van der Waals surface area contributed by atoms with E-state index in [2.05, 4.69) is 15.5 Å². The lowest BCUT2D eigenvalue weighted by molar-refractivity contribution is 0.0991. The van der Waals surface area contributed by atoms with Gasteiger partial charge in [0.25, 0.3) is 0 Å². The molecule has 0 aliphatic heterocycles. The van der Waals surface area contributed by atoms with Crippen LogP contribution in [0.5, 0.6) is 11.5 Å². The number of halogens is 1. The second-order valence-electron chi connectivity index (χ2n) is 4.94. The molecule has 0 spiro atoms. The summed E-state index contributed by atoms with van der Waals surface area (Å²) in [6.07, 6.45) is 0. The fourth-order valence-electron chi connectivity index (χ4n) is 2.12. The Kier molecular flexibility index (Phi) is 4.85. The Hall–Kier alpha value is -3.06. The van der Waals surface area contributed by atoms with Crippen molar-refractivity contribution in [3.05, 3.63) is 53.4 Å². The highest BCUT2D eigenvalue weighted by molar-refractivity contribution is 6.30. The van der Waals surface area contributed by atoms with Crippen LogP contribution >= 0.6 is 11.6 Å². The van der Waals surface area contributed by atoms with Crippen molar-refractivity contribution in [2.75, 3.05) is 19.5 Å². The summed E-state index contributed by atoms with van der Waals surface area (Å²) in [6.45, 7) is 0. The minimum absolute atomic E-state index is 0.153. The smallest absolute Gasteiger partial charge is 0.313 e. The molecule has 2 aromatic carbocycles. The molecule has 1 amide bonds. The van der Waals surface area contributed by atoms with E-state index in [0.29, 0.717) is 27.8 Å². The van der Waals surface area contributed by atoms with Crippen LogP contribution in [0.15, 0.2) is 46.9 Å². The van der Waals surface area contributed by atoms with Crippen molar-refractivity contribution in [3.63, 3.8) is 0 Å². The van der Waals surface area contributed by atoms with Gasteiger partial charge >= 0.3 is 11.8 Å². The number of ether oxygens (including phenoxy) is 2. The molecule has 0 bridgehead atoms. The first-order chi connectivity index (χ1) is 12.1. The van der Waals surface area contributed by atoms with Crippen LogP contribution in [-0.4, -0.2) is 30.3 Å². The lowest BCUT2D eigenvalue weighted by Gasteiger charge is -2.09. The van der Waals surface area contributed by atoms with Gasteiger partial charge in [0, 0.05) is 22.3 Å². The Morgan fingerprint density at radius 1 is 1.04 bits per heavy atom. The second-order valence-corrected chi connectivity index (χ2v) is 5.38. The van der Waals surface area contributed by atoms with Crippen molar-refractivity contribution in [2.24, 2.45) is 0 Å². The predicted octanol–water partition coefficient (Wildman–Crippen LogP) is 3.66. The molecule has 0 radical (unpaired) electrons. The van der Waals surface area contributed by atoms with Gasteiger partial charge in [-0.3, -0.25) is 4.79 Å². The molecule has 1 aromatic heterocycles. The number of aromatic nitrogens is 2. The molecular weight excluding hydrogens is 346 g/mol. The van der Waals surface area contributed by atoms with Gasteiger partial charge in [0.05, 0.1) is 14.2 Å². The summed E-state index contributed by atoms with van der Waals surface area (Å²) in [4.78, 5) is 12.3. The number of carbonyl (C=O) groups excluding carboxylic acids is 1. The summed E-state index contributed by atoms with van der Waals surface area (Å²) in [5, 5.41) is 10.9. The fourth-order valence-corrected chi connectivity index (χ4v) is 2.25. The zero-order chi connectivity index (χ0) is 17.8. The minimum atomic E-state index is -0.528. The maximum atomic E-state index is 12.3. The number of nitrogens with zero attached hydrogens (tertiary/aromatic N) is 2. The highest BCUT2D eigenvalue weighted by atomic mass is 35.5. The van der Waals surface area contributed by atoms with E-state index in [4.69, 9.17) is 25.5 Å². The standard InChI is InChI=1S/C17H14ClN3O4/c1-23-13-8-7-12(9-14(13)24-2)19-15(22)17-21-20-16(25-17)10-3-5-11(18)6-4-10/h3-9H,1-2H3,(H,19,22).